The number of halogens is 2. The Morgan fingerprint density at radius 1 is 1.03 bits per heavy atom. The second-order valence-electron chi connectivity index (χ2n) is 6.76. The topological polar surface area (TPSA) is 114 Å². The normalized spacial score (nSPS) is 13.4. The first kappa shape index (κ1) is 22.7. The van der Waals surface area contributed by atoms with Crippen LogP contribution in [0.15, 0.2) is 44.9 Å². The summed E-state index contributed by atoms with van der Waals surface area (Å²) in [6.07, 6.45) is 1.34. The molecule has 0 aromatic heterocycles. The summed E-state index contributed by atoms with van der Waals surface area (Å²) in [4.78, 5) is 47.2. The van der Waals surface area contributed by atoms with Gasteiger partial charge in [-0.15, -0.1) is 0 Å². The average Bonchev–Trinajstić information content (AvgIpc) is 2.67. The molecule has 0 atom stereocenters. The van der Waals surface area contributed by atoms with Crippen molar-refractivity contribution in [1.29, 1.82) is 0 Å². The molecule has 3 N–H and O–H groups in total. The Hall–Kier alpha value is -2.98. The largest absolute Gasteiger partial charge is 0.481 e. The lowest BCUT2D eigenvalue weighted by atomic mass is 10.1. The van der Waals surface area contributed by atoms with Crippen molar-refractivity contribution in [3.05, 3.63) is 61.5 Å². The fourth-order valence-electron chi connectivity index (χ4n) is 2.77. The first-order valence-electron chi connectivity index (χ1n) is 9.01. The van der Waals surface area contributed by atoms with Crippen molar-refractivity contribution >= 4 is 67.4 Å². The van der Waals surface area contributed by atoms with Crippen molar-refractivity contribution in [2.24, 2.45) is 0 Å². The lowest BCUT2D eigenvalue weighted by Gasteiger charge is -2.15. The number of rotatable bonds is 5. The zero-order valence-corrected chi connectivity index (χ0v) is 19.6. The molecule has 2 aromatic rings. The van der Waals surface area contributed by atoms with Gasteiger partial charge in [0.2, 0.25) is 0 Å². The van der Waals surface area contributed by atoms with Crippen LogP contribution >= 0.6 is 31.9 Å². The molecule has 31 heavy (non-hydrogen) atoms. The van der Waals surface area contributed by atoms with E-state index in [1.54, 1.807) is 12.1 Å². The third kappa shape index (κ3) is 5.59. The molecular weight excluding hydrogens is 534 g/mol. The van der Waals surface area contributed by atoms with Gasteiger partial charge in [0.1, 0.15) is 11.3 Å². The molecule has 0 bridgehead atoms. The number of nitrogens with one attached hydrogen (secondary N) is 3. The van der Waals surface area contributed by atoms with Gasteiger partial charge in [-0.3, -0.25) is 25.0 Å². The highest BCUT2D eigenvalue weighted by Crippen LogP contribution is 2.35. The van der Waals surface area contributed by atoms with Crippen LogP contribution in [-0.4, -0.2) is 30.4 Å². The molecule has 1 heterocycles. The van der Waals surface area contributed by atoms with Crippen molar-refractivity contribution in [3.8, 4) is 5.75 Å². The van der Waals surface area contributed by atoms with E-state index in [1.165, 1.54) is 6.08 Å². The van der Waals surface area contributed by atoms with Crippen molar-refractivity contribution in [2.45, 2.75) is 13.8 Å². The Bertz CT molecular complexity index is 1100. The van der Waals surface area contributed by atoms with Crippen LogP contribution in [0.4, 0.5) is 10.5 Å². The van der Waals surface area contributed by atoms with E-state index in [-0.39, 0.29) is 18.1 Å². The highest BCUT2D eigenvalue weighted by Gasteiger charge is 2.27. The molecule has 5 amide bonds. The Balaban J connectivity index is 1.72. The Morgan fingerprint density at radius 3 is 2.26 bits per heavy atom. The molecular formula is C21H17Br2N3O5. The monoisotopic (exact) mass is 549 g/mol. The standard InChI is InChI=1S/C21H17Br2N3O5/c1-10-3-4-11(2)16(5-10)24-17(27)9-31-18-14(22)7-12(8-15(18)23)6-13-19(28)25-21(30)26-20(13)29/h3-8H,9H2,1-2H3,(H,24,27)(H2,25,26,28,29,30). The highest BCUT2D eigenvalue weighted by molar-refractivity contribution is 9.11. The van der Waals surface area contributed by atoms with Crippen molar-refractivity contribution < 1.29 is 23.9 Å². The van der Waals surface area contributed by atoms with Crippen molar-refractivity contribution in [2.75, 3.05) is 11.9 Å². The van der Waals surface area contributed by atoms with Crippen LogP contribution in [0.2, 0.25) is 0 Å². The molecule has 0 unspecified atom stereocenters. The first-order valence-corrected chi connectivity index (χ1v) is 10.6. The maximum absolute atomic E-state index is 12.3. The summed E-state index contributed by atoms with van der Waals surface area (Å²) >= 11 is 6.74. The van der Waals surface area contributed by atoms with Crippen LogP contribution in [0.25, 0.3) is 6.08 Å². The summed E-state index contributed by atoms with van der Waals surface area (Å²) in [6, 6.07) is 8.14. The Morgan fingerprint density at radius 2 is 1.65 bits per heavy atom. The van der Waals surface area contributed by atoms with E-state index >= 15 is 0 Å². The SMILES string of the molecule is Cc1ccc(C)c(NC(=O)COc2c(Br)cc(C=C3C(=O)NC(=O)NC3=O)cc2Br)c1. The summed E-state index contributed by atoms with van der Waals surface area (Å²) in [6.45, 7) is 3.62. The van der Waals surface area contributed by atoms with Crippen LogP contribution in [0.5, 0.6) is 5.75 Å². The number of hydrogen-bond donors (Lipinski definition) is 3. The van der Waals surface area contributed by atoms with Crippen molar-refractivity contribution in [3.63, 3.8) is 0 Å². The van der Waals surface area contributed by atoms with Crippen LogP contribution in [0, 0.1) is 13.8 Å². The van der Waals surface area contributed by atoms with Crippen LogP contribution in [-0.2, 0) is 14.4 Å². The number of anilines is 1. The Kier molecular flexibility index (Phi) is 6.91. The zero-order valence-electron chi connectivity index (χ0n) is 16.5. The van der Waals surface area contributed by atoms with Gasteiger partial charge in [0, 0.05) is 5.69 Å². The molecule has 3 rings (SSSR count). The Labute approximate surface area is 194 Å². The van der Waals surface area contributed by atoms with Crippen LogP contribution in [0.3, 0.4) is 0 Å². The number of carbonyl (C=O) groups excluding carboxylic acids is 4. The lowest BCUT2D eigenvalue weighted by molar-refractivity contribution is -0.124. The first-order chi connectivity index (χ1) is 14.6. The quantitative estimate of drug-likeness (QED) is 0.389. The van der Waals surface area contributed by atoms with E-state index in [0.29, 0.717) is 20.3 Å². The molecule has 160 valence electrons. The predicted octanol–water partition coefficient (Wildman–Crippen LogP) is 3.60. The number of urea groups is 1. The predicted molar refractivity (Wildman–Crippen MR) is 122 cm³/mol. The van der Waals surface area contributed by atoms with Gasteiger partial charge < -0.3 is 10.1 Å². The number of barbiturate groups is 1. The number of benzene rings is 2. The van der Waals surface area contributed by atoms with Gasteiger partial charge in [-0.05, 0) is 86.7 Å². The van der Waals surface area contributed by atoms with Gasteiger partial charge in [0.25, 0.3) is 17.7 Å². The van der Waals surface area contributed by atoms with Gasteiger partial charge in [-0.1, -0.05) is 12.1 Å². The molecule has 0 radical (unpaired) electrons. The second-order valence-corrected chi connectivity index (χ2v) is 8.47. The molecule has 2 aromatic carbocycles. The van der Waals surface area contributed by atoms with Gasteiger partial charge in [-0.25, -0.2) is 4.79 Å². The van der Waals surface area contributed by atoms with Gasteiger partial charge in [0.15, 0.2) is 6.61 Å². The molecule has 0 spiro atoms. The van der Waals surface area contributed by atoms with Crippen LogP contribution < -0.4 is 20.7 Å². The third-order valence-corrected chi connectivity index (χ3v) is 5.47. The lowest BCUT2D eigenvalue weighted by Crippen LogP contribution is -2.51. The number of ether oxygens (including phenoxy) is 1. The van der Waals surface area contributed by atoms with Gasteiger partial charge in [-0.2, -0.15) is 0 Å². The summed E-state index contributed by atoms with van der Waals surface area (Å²) in [5.41, 5.74) is 2.98. The molecule has 1 saturated heterocycles. The summed E-state index contributed by atoms with van der Waals surface area (Å²) < 4.78 is 6.65. The van der Waals surface area contributed by atoms with E-state index in [0.717, 1.165) is 16.8 Å². The number of hydrogen-bond acceptors (Lipinski definition) is 5. The minimum absolute atomic E-state index is 0.208. The maximum atomic E-state index is 12.3. The van der Waals surface area contributed by atoms with E-state index < -0.39 is 17.8 Å². The summed E-state index contributed by atoms with van der Waals surface area (Å²) in [5.74, 6) is -1.52. The second kappa shape index (κ2) is 9.44. The molecule has 0 saturated carbocycles. The highest BCUT2D eigenvalue weighted by atomic mass is 79.9. The molecule has 1 fully saturated rings. The van der Waals surface area contributed by atoms with E-state index in [4.69, 9.17) is 4.74 Å². The molecule has 1 aliphatic heterocycles. The minimum Gasteiger partial charge on any atom is -0.481 e. The fraction of sp³-hybridized carbons (Fsp3) is 0.143. The summed E-state index contributed by atoms with van der Waals surface area (Å²) in [5, 5.41) is 6.84. The maximum Gasteiger partial charge on any atom is 0.328 e. The zero-order chi connectivity index (χ0) is 22.7. The fourth-order valence-corrected chi connectivity index (χ4v) is 4.22. The number of carbonyl (C=O) groups is 4. The summed E-state index contributed by atoms with van der Waals surface area (Å²) in [7, 11) is 0. The number of amides is 5. The molecule has 0 aliphatic carbocycles. The van der Waals surface area contributed by atoms with E-state index in [1.807, 2.05) is 42.7 Å². The van der Waals surface area contributed by atoms with Gasteiger partial charge in [0.05, 0.1) is 8.95 Å². The van der Waals surface area contributed by atoms with Crippen LogP contribution in [0.1, 0.15) is 16.7 Å². The van der Waals surface area contributed by atoms with Gasteiger partial charge >= 0.3 is 6.03 Å². The number of aryl methyl sites for hydroxylation is 2. The molecule has 10 heteroatoms. The molecule has 1 aliphatic rings. The van der Waals surface area contributed by atoms with Crippen molar-refractivity contribution in [1.82, 2.24) is 10.6 Å². The van der Waals surface area contributed by atoms with E-state index in [9.17, 15) is 19.2 Å². The smallest absolute Gasteiger partial charge is 0.328 e. The number of imide groups is 2. The minimum atomic E-state index is -0.864. The van der Waals surface area contributed by atoms with E-state index in [2.05, 4.69) is 37.2 Å². The molecule has 8 nitrogen and oxygen atoms in total. The third-order valence-electron chi connectivity index (χ3n) is 4.29. The average molecular weight is 551 g/mol.